The minimum absolute atomic E-state index is 0.196. The van der Waals surface area contributed by atoms with Gasteiger partial charge < -0.3 is 20.6 Å². The average molecular weight is 339 g/mol. The monoisotopic (exact) mass is 339 g/mol. The number of benzene rings is 1. The van der Waals surface area contributed by atoms with Gasteiger partial charge in [-0.1, -0.05) is 0 Å². The van der Waals surface area contributed by atoms with Gasteiger partial charge in [-0.25, -0.2) is 9.38 Å². The van der Waals surface area contributed by atoms with E-state index in [1.807, 2.05) is 13.8 Å². The molecule has 6 nitrogen and oxygen atoms in total. The van der Waals surface area contributed by atoms with E-state index < -0.39 is 5.82 Å². The summed E-state index contributed by atoms with van der Waals surface area (Å²) in [5.41, 5.74) is 9.56. The average Bonchev–Trinajstić information content (AvgIpc) is 3.10. The molecule has 1 aliphatic rings. The summed E-state index contributed by atoms with van der Waals surface area (Å²) in [5, 5.41) is 7.15. The van der Waals surface area contributed by atoms with Crippen LogP contribution in [-0.4, -0.2) is 17.2 Å². The zero-order chi connectivity index (χ0) is 17.8. The highest BCUT2D eigenvalue weighted by molar-refractivity contribution is 5.97. The SMILES string of the molecule is CC1=CNNC(C)=C1c1ccc(OC(=NC=N)c2ccc[nH]2)cc1F. The molecule has 128 valence electrons. The van der Waals surface area contributed by atoms with E-state index in [2.05, 4.69) is 20.8 Å². The van der Waals surface area contributed by atoms with Crippen LogP contribution in [0.5, 0.6) is 5.75 Å². The van der Waals surface area contributed by atoms with Crippen LogP contribution >= 0.6 is 0 Å². The minimum Gasteiger partial charge on any atom is -0.437 e. The van der Waals surface area contributed by atoms with Crippen molar-refractivity contribution in [3.8, 4) is 5.75 Å². The molecule has 4 N–H and O–H groups in total. The molecule has 3 rings (SSSR count). The van der Waals surface area contributed by atoms with Gasteiger partial charge in [0.25, 0.3) is 0 Å². The van der Waals surface area contributed by atoms with Crippen LogP contribution in [0.15, 0.2) is 59.0 Å². The Bertz CT molecular complexity index is 881. The first kappa shape index (κ1) is 16.5. The summed E-state index contributed by atoms with van der Waals surface area (Å²) in [4.78, 5) is 6.82. The molecule has 0 saturated carbocycles. The Morgan fingerprint density at radius 3 is 2.76 bits per heavy atom. The van der Waals surface area contributed by atoms with Crippen molar-refractivity contribution in [1.29, 1.82) is 5.41 Å². The normalized spacial score (nSPS) is 14.5. The van der Waals surface area contributed by atoms with E-state index in [9.17, 15) is 4.39 Å². The number of hydrogen-bond acceptors (Lipinski definition) is 4. The van der Waals surface area contributed by atoms with Crippen LogP contribution in [0.3, 0.4) is 0 Å². The number of ether oxygens (including phenoxy) is 1. The second kappa shape index (κ2) is 7.04. The van der Waals surface area contributed by atoms with Crippen LogP contribution in [0.2, 0.25) is 0 Å². The standard InChI is InChI=1S/C18H18FN5O/c1-11-9-23-24-12(2)17(11)14-6-5-13(8-15(14)19)25-18(22-10-20)16-4-3-7-21-16/h3-10,20-21,23-24H,1-2H3. The number of halogens is 1. The largest absolute Gasteiger partial charge is 0.437 e. The third-order valence-electron chi connectivity index (χ3n) is 3.75. The van der Waals surface area contributed by atoms with E-state index in [0.717, 1.165) is 23.2 Å². The Hall–Kier alpha value is -3.35. The van der Waals surface area contributed by atoms with Gasteiger partial charge in [0.05, 0.1) is 0 Å². The first-order chi connectivity index (χ1) is 12.1. The van der Waals surface area contributed by atoms with E-state index in [1.165, 1.54) is 6.07 Å². The number of H-pyrrole nitrogens is 1. The second-order valence-corrected chi connectivity index (χ2v) is 5.49. The number of aliphatic imine (C=N–C) groups is 1. The van der Waals surface area contributed by atoms with Crippen LogP contribution in [0.4, 0.5) is 4.39 Å². The predicted molar refractivity (Wildman–Crippen MR) is 95.8 cm³/mol. The first-order valence-corrected chi connectivity index (χ1v) is 7.68. The lowest BCUT2D eigenvalue weighted by atomic mass is 9.96. The molecular formula is C18H18FN5O. The molecule has 1 aromatic carbocycles. The van der Waals surface area contributed by atoms with Gasteiger partial charge in [-0.2, -0.15) is 0 Å². The summed E-state index contributed by atoms with van der Waals surface area (Å²) in [6.45, 7) is 3.79. The zero-order valence-electron chi connectivity index (χ0n) is 13.9. The quantitative estimate of drug-likeness (QED) is 0.509. The van der Waals surface area contributed by atoms with Gasteiger partial charge in [0.1, 0.15) is 23.6 Å². The van der Waals surface area contributed by atoms with E-state index in [0.29, 0.717) is 17.0 Å². The molecule has 1 aliphatic heterocycles. The maximum atomic E-state index is 14.7. The van der Waals surface area contributed by atoms with Gasteiger partial charge in [-0.15, -0.1) is 0 Å². The van der Waals surface area contributed by atoms with Gasteiger partial charge in [0.2, 0.25) is 5.90 Å². The fourth-order valence-electron chi connectivity index (χ4n) is 2.64. The van der Waals surface area contributed by atoms with Crippen molar-refractivity contribution in [2.45, 2.75) is 13.8 Å². The highest BCUT2D eigenvalue weighted by Gasteiger charge is 2.17. The van der Waals surface area contributed by atoms with Gasteiger partial charge >= 0.3 is 0 Å². The summed E-state index contributed by atoms with van der Waals surface area (Å²) >= 11 is 0. The van der Waals surface area contributed by atoms with Crippen LogP contribution < -0.4 is 15.6 Å². The maximum absolute atomic E-state index is 14.7. The topological polar surface area (TPSA) is 85.3 Å². The van der Waals surface area contributed by atoms with E-state index in [4.69, 9.17) is 10.1 Å². The van der Waals surface area contributed by atoms with Gasteiger partial charge in [0, 0.05) is 35.3 Å². The number of rotatable bonds is 4. The predicted octanol–water partition coefficient (Wildman–Crippen LogP) is 3.33. The number of aromatic nitrogens is 1. The Morgan fingerprint density at radius 2 is 2.12 bits per heavy atom. The smallest absolute Gasteiger partial charge is 0.244 e. The third-order valence-corrected chi connectivity index (χ3v) is 3.75. The molecular weight excluding hydrogens is 321 g/mol. The number of aromatic amines is 1. The number of allylic oxidation sites excluding steroid dienone is 3. The minimum atomic E-state index is -0.399. The summed E-state index contributed by atoms with van der Waals surface area (Å²) in [6.07, 6.45) is 4.38. The molecule has 2 aromatic rings. The summed E-state index contributed by atoms with van der Waals surface area (Å²) in [5.74, 6) is 0.101. The lowest BCUT2D eigenvalue weighted by molar-refractivity contribution is 0.539. The summed E-state index contributed by atoms with van der Waals surface area (Å²) in [6, 6.07) is 8.21. The van der Waals surface area contributed by atoms with Crippen LogP contribution in [0, 0.1) is 11.2 Å². The van der Waals surface area contributed by atoms with E-state index >= 15 is 0 Å². The molecule has 0 unspecified atom stereocenters. The van der Waals surface area contributed by atoms with Gasteiger partial charge in [-0.05, 0) is 43.7 Å². The molecule has 7 heteroatoms. The summed E-state index contributed by atoms with van der Waals surface area (Å²) in [7, 11) is 0. The second-order valence-electron chi connectivity index (χ2n) is 5.49. The molecule has 0 bridgehead atoms. The maximum Gasteiger partial charge on any atom is 0.244 e. The number of hydrazine groups is 1. The lowest BCUT2D eigenvalue weighted by Gasteiger charge is -2.21. The Morgan fingerprint density at radius 1 is 1.28 bits per heavy atom. The molecule has 1 aromatic heterocycles. The van der Waals surface area contributed by atoms with Crippen molar-refractivity contribution in [3.05, 3.63) is 71.1 Å². The van der Waals surface area contributed by atoms with E-state index in [1.54, 1.807) is 36.7 Å². The molecule has 0 aliphatic carbocycles. The Labute approximate surface area is 144 Å². The van der Waals surface area contributed by atoms with Crippen LogP contribution in [0.25, 0.3) is 5.57 Å². The van der Waals surface area contributed by atoms with E-state index in [-0.39, 0.29) is 5.90 Å². The van der Waals surface area contributed by atoms with Crippen molar-refractivity contribution in [2.75, 3.05) is 0 Å². The van der Waals surface area contributed by atoms with Crippen molar-refractivity contribution in [1.82, 2.24) is 15.8 Å². The van der Waals surface area contributed by atoms with Gasteiger partial charge in [-0.3, -0.25) is 5.41 Å². The molecule has 0 spiro atoms. The number of nitrogens with zero attached hydrogens (tertiary/aromatic N) is 1. The first-order valence-electron chi connectivity index (χ1n) is 7.68. The highest BCUT2D eigenvalue weighted by Crippen LogP contribution is 2.30. The van der Waals surface area contributed by atoms with Crippen LogP contribution in [0.1, 0.15) is 25.1 Å². The molecule has 0 radical (unpaired) electrons. The third kappa shape index (κ3) is 3.45. The number of nitrogens with one attached hydrogen (secondary N) is 4. The van der Waals surface area contributed by atoms with Crippen LogP contribution in [-0.2, 0) is 0 Å². The Balaban J connectivity index is 1.91. The van der Waals surface area contributed by atoms with Crippen molar-refractivity contribution in [2.24, 2.45) is 4.99 Å². The molecule has 2 heterocycles. The zero-order valence-corrected chi connectivity index (χ0v) is 13.9. The molecule has 0 saturated heterocycles. The van der Waals surface area contributed by atoms with Crippen molar-refractivity contribution >= 4 is 17.8 Å². The van der Waals surface area contributed by atoms with Gasteiger partial charge in [0.15, 0.2) is 0 Å². The Kier molecular flexibility index (Phi) is 4.65. The molecule has 0 atom stereocenters. The lowest BCUT2D eigenvalue weighted by Crippen LogP contribution is -2.29. The van der Waals surface area contributed by atoms with Crippen molar-refractivity contribution in [3.63, 3.8) is 0 Å². The highest BCUT2D eigenvalue weighted by atomic mass is 19.1. The molecule has 25 heavy (non-hydrogen) atoms. The number of hydrogen-bond donors (Lipinski definition) is 4. The fraction of sp³-hybridized carbons (Fsp3) is 0.111. The molecule has 0 fully saturated rings. The summed E-state index contributed by atoms with van der Waals surface area (Å²) < 4.78 is 20.3. The fourth-order valence-corrected chi connectivity index (χ4v) is 2.64. The molecule has 0 amide bonds. The van der Waals surface area contributed by atoms with Crippen molar-refractivity contribution < 1.29 is 9.13 Å².